The number of nitrogens with zero attached hydrogens (tertiary/aromatic N) is 7. The van der Waals surface area contributed by atoms with E-state index in [-0.39, 0.29) is 30.2 Å². The van der Waals surface area contributed by atoms with E-state index in [9.17, 15) is 26.7 Å². The molecule has 0 radical (unpaired) electrons. The zero-order valence-corrected chi connectivity index (χ0v) is 18.1. The van der Waals surface area contributed by atoms with Gasteiger partial charge in [-0.2, -0.15) is 18.3 Å². The van der Waals surface area contributed by atoms with Crippen LogP contribution in [0.3, 0.4) is 0 Å². The SMILES string of the molecule is Cc1nn(CC(F)F)c2nc(N3CCC4(CC(=O)N(c5ccnc(C(F)(F)F)c5)C4)C3)cnc12. The Morgan fingerprint density at radius 2 is 2.00 bits per heavy atom. The van der Waals surface area contributed by atoms with Gasteiger partial charge in [0, 0.05) is 43.4 Å². The fraction of sp³-hybridized carbons (Fsp3) is 0.476. The molecule has 2 aliphatic heterocycles. The van der Waals surface area contributed by atoms with Crippen molar-refractivity contribution >= 4 is 28.6 Å². The minimum atomic E-state index is -4.60. The zero-order valence-electron chi connectivity index (χ0n) is 18.1. The van der Waals surface area contributed by atoms with Crippen LogP contribution in [0.2, 0.25) is 0 Å². The Morgan fingerprint density at radius 3 is 2.74 bits per heavy atom. The fourth-order valence-corrected chi connectivity index (χ4v) is 4.77. The molecule has 180 valence electrons. The number of halogens is 5. The summed E-state index contributed by atoms with van der Waals surface area (Å²) in [4.78, 5) is 28.3. The molecule has 0 aromatic carbocycles. The van der Waals surface area contributed by atoms with E-state index in [0.717, 1.165) is 16.9 Å². The van der Waals surface area contributed by atoms with Crippen molar-refractivity contribution in [2.75, 3.05) is 29.4 Å². The second kappa shape index (κ2) is 7.84. The highest BCUT2D eigenvalue weighted by Crippen LogP contribution is 2.43. The van der Waals surface area contributed by atoms with E-state index >= 15 is 0 Å². The monoisotopic (exact) mass is 481 g/mol. The fourth-order valence-electron chi connectivity index (χ4n) is 4.77. The summed E-state index contributed by atoms with van der Waals surface area (Å²) < 4.78 is 66.2. The van der Waals surface area contributed by atoms with E-state index in [2.05, 4.69) is 20.1 Å². The van der Waals surface area contributed by atoms with Crippen LogP contribution in [0, 0.1) is 12.3 Å². The van der Waals surface area contributed by atoms with Crippen LogP contribution < -0.4 is 9.80 Å². The molecule has 0 N–H and O–H groups in total. The number of amides is 1. The largest absolute Gasteiger partial charge is 0.433 e. The molecule has 0 bridgehead atoms. The number of pyridine rings is 1. The van der Waals surface area contributed by atoms with Gasteiger partial charge in [-0.25, -0.2) is 23.4 Å². The van der Waals surface area contributed by atoms with E-state index in [0.29, 0.717) is 36.5 Å². The lowest BCUT2D eigenvalue weighted by atomic mass is 9.86. The van der Waals surface area contributed by atoms with Gasteiger partial charge in [0.2, 0.25) is 5.91 Å². The van der Waals surface area contributed by atoms with Crippen LogP contribution in [0.1, 0.15) is 24.2 Å². The van der Waals surface area contributed by atoms with Crippen molar-refractivity contribution in [1.82, 2.24) is 24.7 Å². The van der Waals surface area contributed by atoms with E-state index in [1.165, 1.54) is 11.0 Å². The minimum absolute atomic E-state index is 0.162. The first-order valence-electron chi connectivity index (χ1n) is 10.6. The highest BCUT2D eigenvalue weighted by atomic mass is 19.4. The van der Waals surface area contributed by atoms with Crippen LogP contribution in [0.5, 0.6) is 0 Å². The summed E-state index contributed by atoms with van der Waals surface area (Å²) in [6.45, 7) is 2.33. The van der Waals surface area contributed by atoms with Gasteiger partial charge in [0.25, 0.3) is 6.43 Å². The lowest BCUT2D eigenvalue weighted by molar-refractivity contribution is -0.141. The molecular formula is C21H20F5N7O. The van der Waals surface area contributed by atoms with Crippen molar-refractivity contribution in [2.24, 2.45) is 5.41 Å². The molecule has 34 heavy (non-hydrogen) atoms. The Bertz CT molecular complexity index is 1260. The first-order chi connectivity index (χ1) is 16.0. The van der Waals surface area contributed by atoms with Gasteiger partial charge in [0.1, 0.15) is 23.6 Å². The molecule has 5 heterocycles. The highest BCUT2D eigenvalue weighted by Gasteiger charge is 2.48. The van der Waals surface area contributed by atoms with E-state index in [1.807, 2.05) is 4.90 Å². The van der Waals surface area contributed by atoms with Crippen LogP contribution in [-0.4, -0.2) is 56.7 Å². The van der Waals surface area contributed by atoms with Crippen molar-refractivity contribution in [3.63, 3.8) is 0 Å². The third-order valence-electron chi connectivity index (χ3n) is 6.34. The molecule has 1 unspecified atom stereocenters. The minimum Gasteiger partial charge on any atom is -0.355 e. The van der Waals surface area contributed by atoms with Gasteiger partial charge in [0.05, 0.1) is 11.9 Å². The molecule has 13 heteroatoms. The zero-order chi connectivity index (χ0) is 24.3. The van der Waals surface area contributed by atoms with Crippen LogP contribution in [0.15, 0.2) is 24.5 Å². The summed E-state index contributed by atoms with van der Waals surface area (Å²) in [6, 6.07) is 2.28. The summed E-state index contributed by atoms with van der Waals surface area (Å²) in [7, 11) is 0. The van der Waals surface area contributed by atoms with Gasteiger partial charge < -0.3 is 9.80 Å². The quantitative estimate of drug-likeness (QED) is 0.532. The van der Waals surface area contributed by atoms with Crippen LogP contribution in [0.25, 0.3) is 11.2 Å². The number of aromatic nitrogens is 5. The number of rotatable bonds is 4. The lowest BCUT2D eigenvalue weighted by Crippen LogP contribution is -2.31. The normalized spacial score (nSPS) is 21.1. The molecule has 8 nitrogen and oxygen atoms in total. The average Bonchev–Trinajstić information content (AvgIpc) is 3.43. The van der Waals surface area contributed by atoms with Crippen molar-refractivity contribution < 1.29 is 26.7 Å². The first kappa shape index (κ1) is 22.4. The number of aryl methyl sites for hydroxylation is 1. The van der Waals surface area contributed by atoms with Gasteiger partial charge in [-0.15, -0.1) is 0 Å². The molecule has 2 aliphatic rings. The Hall–Kier alpha value is -3.38. The molecule has 3 aromatic heterocycles. The molecule has 1 atom stereocenters. The number of hydrogen-bond acceptors (Lipinski definition) is 6. The van der Waals surface area contributed by atoms with Crippen molar-refractivity contribution in [2.45, 2.75) is 38.9 Å². The van der Waals surface area contributed by atoms with Crippen molar-refractivity contribution in [3.05, 3.63) is 35.9 Å². The number of alkyl halides is 5. The van der Waals surface area contributed by atoms with Crippen LogP contribution in [-0.2, 0) is 17.5 Å². The molecule has 3 aromatic rings. The summed E-state index contributed by atoms with van der Waals surface area (Å²) in [6.07, 6.45) is -3.79. The Balaban J connectivity index is 1.38. The number of anilines is 2. The van der Waals surface area contributed by atoms with E-state index < -0.39 is 30.3 Å². The Labute approximate surface area is 190 Å². The Kier molecular flexibility index (Phi) is 5.17. The Morgan fingerprint density at radius 1 is 1.21 bits per heavy atom. The van der Waals surface area contributed by atoms with Gasteiger partial charge in [-0.3, -0.25) is 9.78 Å². The number of carbonyl (C=O) groups is 1. The van der Waals surface area contributed by atoms with Gasteiger partial charge in [-0.05, 0) is 25.5 Å². The van der Waals surface area contributed by atoms with Crippen molar-refractivity contribution in [3.8, 4) is 0 Å². The molecule has 1 spiro atoms. The maximum atomic E-state index is 13.1. The van der Waals surface area contributed by atoms with Crippen LogP contribution in [0.4, 0.5) is 33.5 Å². The van der Waals surface area contributed by atoms with E-state index in [4.69, 9.17) is 0 Å². The molecule has 0 aliphatic carbocycles. The standard InChI is InChI=1S/C21H20F5N7O/c1-12-18-19(33(30-12)9-15(22)23)29-16(8-28-18)31-5-3-20(10-31)7-17(34)32(11-20)13-2-4-27-14(6-13)21(24,25)26/h2,4,6,8,15H,3,5,7,9-11H2,1H3. The lowest BCUT2D eigenvalue weighted by Gasteiger charge is -2.24. The maximum absolute atomic E-state index is 13.1. The summed E-state index contributed by atoms with van der Waals surface area (Å²) in [5.41, 5.74) is -0.147. The second-order valence-electron chi connectivity index (χ2n) is 8.78. The smallest absolute Gasteiger partial charge is 0.355 e. The predicted octanol–water partition coefficient (Wildman–Crippen LogP) is 3.45. The number of carbonyl (C=O) groups excluding carboxylic acids is 1. The first-order valence-corrected chi connectivity index (χ1v) is 10.6. The van der Waals surface area contributed by atoms with Gasteiger partial charge in [-0.1, -0.05) is 0 Å². The van der Waals surface area contributed by atoms with Gasteiger partial charge in [0.15, 0.2) is 5.65 Å². The van der Waals surface area contributed by atoms with Crippen LogP contribution >= 0.6 is 0 Å². The molecule has 5 rings (SSSR count). The third kappa shape index (κ3) is 3.92. The topological polar surface area (TPSA) is 80.0 Å². The van der Waals surface area contributed by atoms with Gasteiger partial charge >= 0.3 is 6.18 Å². The summed E-state index contributed by atoms with van der Waals surface area (Å²) in [5, 5.41) is 4.10. The molecular weight excluding hydrogens is 461 g/mol. The predicted molar refractivity (Wildman–Crippen MR) is 112 cm³/mol. The molecule has 1 amide bonds. The second-order valence-corrected chi connectivity index (χ2v) is 8.78. The number of hydrogen-bond donors (Lipinski definition) is 0. The highest BCUT2D eigenvalue weighted by molar-refractivity contribution is 5.96. The molecule has 2 saturated heterocycles. The maximum Gasteiger partial charge on any atom is 0.433 e. The van der Waals surface area contributed by atoms with Crippen molar-refractivity contribution in [1.29, 1.82) is 0 Å². The summed E-state index contributed by atoms with van der Waals surface area (Å²) >= 11 is 0. The summed E-state index contributed by atoms with van der Waals surface area (Å²) in [5.74, 6) is 0.224. The number of fused-ring (bicyclic) bond motifs is 1. The average molecular weight is 481 g/mol. The molecule has 2 fully saturated rings. The van der Waals surface area contributed by atoms with E-state index in [1.54, 1.807) is 13.1 Å². The molecule has 0 saturated carbocycles. The third-order valence-corrected chi connectivity index (χ3v) is 6.34.